The maximum absolute atomic E-state index is 13.6. The minimum atomic E-state index is -0.455. The molecule has 0 saturated carbocycles. The Morgan fingerprint density at radius 2 is 1.73 bits per heavy atom. The highest BCUT2D eigenvalue weighted by molar-refractivity contribution is 7.15. The Hall–Kier alpha value is -5.09. The molecule has 10 heteroatoms. The predicted molar refractivity (Wildman–Crippen MR) is 172 cm³/mol. The second-order valence-corrected chi connectivity index (χ2v) is 11.4. The summed E-state index contributed by atoms with van der Waals surface area (Å²) in [7, 11) is 1.60. The van der Waals surface area contributed by atoms with Crippen LogP contribution < -0.4 is 25.1 Å². The van der Waals surface area contributed by atoms with Crippen LogP contribution in [0.2, 0.25) is 0 Å². The van der Waals surface area contributed by atoms with Crippen molar-refractivity contribution in [3.05, 3.63) is 127 Å². The molecule has 0 aliphatic carbocycles. The first-order valence-electron chi connectivity index (χ1n) is 14.4. The molecule has 3 aromatic carbocycles. The first-order chi connectivity index (χ1) is 21.4. The van der Waals surface area contributed by atoms with Gasteiger partial charge in [-0.2, -0.15) is 19.7 Å². The zero-order chi connectivity index (χ0) is 30.6. The van der Waals surface area contributed by atoms with Crippen LogP contribution in [0.5, 0.6) is 11.5 Å². The van der Waals surface area contributed by atoms with Crippen molar-refractivity contribution in [1.82, 2.24) is 24.4 Å². The van der Waals surface area contributed by atoms with Crippen LogP contribution in [-0.2, 0) is 6.42 Å². The Balaban J connectivity index is 1.42. The maximum Gasteiger partial charge on any atom is 0.296 e. The van der Waals surface area contributed by atoms with Gasteiger partial charge < -0.3 is 9.47 Å². The van der Waals surface area contributed by atoms with Gasteiger partial charge in [-0.25, -0.2) is 4.68 Å². The number of para-hydroxylation sites is 1. The second-order valence-electron chi connectivity index (χ2n) is 10.4. The van der Waals surface area contributed by atoms with E-state index < -0.39 is 5.56 Å². The third-order valence-corrected chi connectivity index (χ3v) is 8.21. The van der Waals surface area contributed by atoms with Gasteiger partial charge in [0.1, 0.15) is 22.9 Å². The number of hydrogen-bond acceptors (Lipinski definition) is 8. The summed E-state index contributed by atoms with van der Waals surface area (Å²) in [6.07, 6.45) is 6.00. The molecule has 9 nitrogen and oxygen atoms in total. The molecule has 3 heterocycles. The van der Waals surface area contributed by atoms with Crippen LogP contribution in [-0.4, -0.2) is 38.1 Å². The van der Waals surface area contributed by atoms with Gasteiger partial charge in [0.05, 0.1) is 23.9 Å². The van der Waals surface area contributed by atoms with Crippen molar-refractivity contribution in [3.8, 4) is 28.4 Å². The van der Waals surface area contributed by atoms with Crippen molar-refractivity contribution < 1.29 is 9.47 Å². The molecule has 0 unspecified atom stereocenters. The summed E-state index contributed by atoms with van der Waals surface area (Å²) in [5, 5.41) is 9.35. The van der Waals surface area contributed by atoms with Gasteiger partial charge in [0.25, 0.3) is 11.1 Å². The number of hydrogen-bond donors (Lipinski definition) is 0. The van der Waals surface area contributed by atoms with Crippen LogP contribution >= 0.6 is 11.3 Å². The molecule has 222 valence electrons. The van der Waals surface area contributed by atoms with E-state index in [2.05, 4.69) is 17.0 Å². The number of rotatable bonds is 10. The molecule has 0 saturated heterocycles. The lowest BCUT2D eigenvalue weighted by Crippen LogP contribution is -2.28. The summed E-state index contributed by atoms with van der Waals surface area (Å²) in [4.78, 5) is 30.9. The SMILES string of the molecule is CCCCOc1ccc(-c2nn(-c3ccccc3)cc2/C=c2\sc3nc(=O)c(Cc4ccc(OC)cc4)nn3c2=O)c(C)c1. The Morgan fingerprint density at radius 1 is 0.955 bits per heavy atom. The van der Waals surface area contributed by atoms with E-state index >= 15 is 0 Å². The highest BCUT2D eigenvalue weighted by atomic mass is 32.1. The van der Waals surface area contributed by atoms with Crippen LogP contribution in [0.4, 0.5) is 0 Å². The van der Waals surface area contributed by atoms with Crippen LogP contribution in [0.3, 0.4) is 0 Å². The molecule has 0 N–H and O–H groups in total. The van der Waals surface area contributed by atoms with Crippen molar-refractivity contribution in [2.24, 2.45) is 0 Å². The molecule has 44 heavy (non-hydrogen) atoms. The zero-order valence-corrected chi connectivity index (χ0v) is 25.5. The third-order valence-electron chi connectivity index (χ3n) is 7.25. The summed E-state index contributed by atoms with van der Waals surface area (Å²) in [6, 6.07) is 23.1. The van der Waals surface area contributed by atoms with Gasteiger partial charge >= 0.3 is 0 Å². The maximum atomic E-state index is 13.6. The molecule has 0 radical (unpaired) electrons. The number of nitrogens with zero attached hydrogens (tertiary/aromatic N) is 5. The molecule has 0 spiro atoms. The molecular weight excluding hydrogens is 574 g/mol. The van der Waals surface area contributed by atoms with Gasteiger partial charge in [-0.05, 0) is 73.0 Å². The number of unbranched alkanes of at least 4 members (excludes halogenated alkanes) is 1. The lowest BCUT2D eigenvalue weighted by atomic mass is 10.0. The van der Waals surface area contributed by atoms with E-state index in [4.69, 9.17) is 14.6 Å². The summed E-state index contributed by atoms with van der Waals surface area (Å²) < 4.78 is 14.5. The molecule has 6 aromatic rings. The van der Waals surface area contributed by atoms with E-state index in [1.807, 2.05) is 85.9 Å². The van der Waals surface area contributed by atoms with Gasteiger partial charge in [-0.1, -0.05) is 55.0 Å². The van der Waals surface area contributed by atoms with Crippen molar-refractivity contribution in [3.63, 3.8) is 0 Å². The zero-order valence-electron chi connectivity index (χ0n) is 24.7. The smallest absolute Gasteiger partial charge is 0.296 e. The number of benzene rings is 3. The molecule has 3 aromatic heterocycles. The number of methoxy groups -OCH3 is 1. The molecule has 6 rings (SSSR count). The molecular formula is C34H31N5O4S. The lowest BCUT2D eigenvalue weighted by Gasteiger charge is -2.09. The Kier molecular flexibility index (Phi) is 8.33. The topological polar surface area (TPSA) is 101 Å². The van der Waals surface area contributed by atoms with Crippen molar-refractivity contribution >= 4 is 22.4 Å². The van der Waals surface area contributed by atoms with Crippen molar-refractivity contribution in [2.75, 3.05) is 13.7 Å². The van der Waals surface area contributed by atoms with E-state index in [1.165, 1.54) is 4.52 Å². The number of fused-ring (bicyclic) bond motifs is 1. The first kappa shape index (κ1) is 29.0. The van der Waals surface area contributed by atoms with Crippen molar-refractivity contribution in [1.29, 1.82) is 0 Å². The van der Waals surface area contributed by atoms with Crippen LogP contribution in [0.25, 0.3) is 28.0 Å². The molecule has 0 atom stereocenters. The van der Waals surface area contributed by atoms with Gasteiger partial charge in [-0.3, -0.25) is 9.59 Å². The number of ether oxygens (including phenoxy) is 2. The molecule has 0 amide bonds. The molecule has 0 bridgehead atoms. The fourth-order valence-corrected chi connectivity index (χ4v) is 5.77. The molecule has 0 aliphatic rings. The largest absolute Gasteiger partial charge is 0.497 e. The predicted octanol–water partition coefficient (Wildman–Crippen LogP) is 5.00. The quantitative estimate of drug-likeness (QED) is 0.203. The minimum Gasteiger partial charge on any atom is -0.497 e. The average molecular weight is 606 g/mol. The number of thiazole rings is 1. The Morgan fingerprint density at radius 3 is 2.45 bits per heavy atom. The number of aryl methyl sites for hydroxylation is 1. The molecule has 0 fully saturated rings. The number of aromatic nitrogens is 5. The lowest BCUT2D eigenvalue weighted by molar-refractivity contribution is 0.309. The molecule has 0 aliphatic heterocycles. The highest BCUT2D eigenvalue weighted by Gasteiger charge is 2.16. The highest BCUT2D eigenvalue weighted by Crippen LogP contribution is 2.30. The van der Waals surface area contributed by atoms with E-state index in [9.17, 15) is 9.59 Å². The summed E-state index contributed by atoms with van der Waals surface area (Å²) in [5.41, 5.74) is 4.55. The fourth-order valence-electron chi connectivity index (χ4n) is 4.87. The van der Waals surface area contributed by atoms with E-state index in [0.717, 1.165) is 63.6 Å². The van der Waals surface area contributed by atoms with Crippen LogP contribution in [0.1, 0.15) is 42.1 Å². The van der Waals surface area contributed by atoms with Gasteiger partial charge in [-0.15, -0.1) is 0 Å². The minimum absolute atomic E-state index is 0.198. The Bertz CT molecular complexity index is 2100. The van der Waals surface area contributed by atoms with Gasteiger partial charge in [0.15, 0.2) is 0 Å². The van der Waals surface area contributed by atoms with Crippen LogP contribution in [0.15, 0.2) is 88.6 Å². The summed E-state index contributed by atoms with van der Waals surface area (Å²) in [5.74, 6) is 1.53. The van der Waals surface area contributed by atoms with Gasteiger partial charge in [0, 0.05) is 23.7 Å². The van der Waals surface area contributed by atoms with E-state index in [1.54, 1.807) is 17.9 Å². The second kappa shape index (κ2) is 12.6. The van der Waals surface area contributed by atoms with Crippen molar-refractivity contribution in [2.45, 2.75) is 33.1 Å². The van der Waals surface area contributed by atoms with Gasteiger partial charge in [0.2, 0.25) is 4.96 Å². The summed E-state index contributed by atoms with van der Waals surface area (Å²) in [6.45, 7) is 4.83. The average Bonchev–Trinajstić information content (AvgIpc) is 3.58. The van der Waals surface area contributed by atoms with Crippen LogP contribution in [0, 0.1) is 6.92 Å². The first-order valence-corrected chi connectivity index (χ1v) is 15.2. The standard InChI is InChI=1S/C34H31N5O4S/c1-4-5-17-43-27-15-16-28(22(2)18-27)31-24(21-38(37-31)25-9-7-6-8-10-25)20-30-33(41)39-34(44-30)35-32(40)29(36-39)19-23-11-13-26(42-3)14-12-23/h6-16,18,20-21H,4-5,17,19H2,1-3H3/b30-20-. The summed E-state index contributed by atoms with van der Waals surface area (Å²) >= 11 is 1.13. The monoisotopic (exact) mass is 605 g/mol. The van der Waals surface area contributed by atoms with E-state index in [0.29, 0.717) is 16.9 Å². The van der Waals surface area contributed by atoms with E-state index in [-0.39, 0.29) is 22.6 Å². The Labute approximate surface area is 257 Å². The normalized spacial score (nSPS) is 11.8. The third kappa shape index (κ3) is 6.02. The fraction of sp³-hybridized carbons (Fsp3) is 0.206.